The first-order valence-corrected chi connectivity index (χ1v) is 6.42. The minimum atomic E-state index is -0.714. The highest BCUT2D eigenvalue weighted by atomic mass is 16.6. The Morgan fingerprint density at radius 2 is 1.91 bits per heavy atom. The first kappa shape index (κ1) is 15.9. The van der Waals surface area contributed by atoms with Crippen LogP contribution in [0.15, 0.2) is 47.4 Å². The van der Waals surface area contributed by atoms with E-state index >= 15 is 0 Å². The van der Waals surface area contributed by atoms with Crippen LogP contribution in [0.25, 0.3) is 0 Å². The summed E-state index contributed by atoms with van der Waals surface area (Å²) in [6, 6.07) is 8.16. The summed E-state index contributed by atoms with van der Waals surface area (Å²) in [6.45, 7) is -0.437. The molecule has 0 unspecified atom stereocenters. The van der Waals surface area contributed by atoms with Crippen molar-refractivity contribution < 1.29 is 14.5 Å². The molecule has 0 saturated carbocycles. The number of rotatable bonds is 5. The van der Waals surface area contributed by atoms with Gasteiger partial charge in [-0.15, -0.1) is 0 Å². The number of hydrogen-bond donors (Lipinski definition) is 2. The van der Waals surface area contributed by atoms with Crippen molar-refractivity contribution >= 4 is 23.2 Å². The number of nitrogens with zero attached hydrogens (tertiary/aromatic N) is 2. The Kier molecular flexibility index (Phi) is 4.50. The van der Waals surface area contributed by atoms with E-state index in [9.17, 15) is 24.5 Å². The summed E-state index contributed by atoms with van der Waals surface area (Å²) < 4.78 is 0.903. The number of carbonyl (C=O) groups excluding carboxylic acids is 2. The molecular weight excluding hydrogens is 304 g/mol. The average Bonchev–Trinajstić information content (AvgIpc) is 2.49. The predicted molar refractivity (Wildman–Crippen MR) is 80.9 cm³/mol. The Morgan fingerprint density at radius 3 is 2.57 bits per heavy atom. The van der Waals surface area contributed by atoms with Crippen LogP contribution < -0.4 is 16.6 Å². The van der Waals surface area contributed by atoms with Gasteiger partial charge in [0.25, 0.3) is 17.2 Å². The van der Waals surface area contributed by atoms with Crippen molar-refractivity contribution in [1.29, 1.82) is 0 Å². The van der Waals surface area contributed by atoms with E-state index in [1.807, 2.05) is 0 Å². The van der Waals surface area contributed by atoms with Gasteiger partial charge in [-0.3, -0.25) is 29.1 Å². The Morgan fingerprint density at radius 1 is 1.22 bits per heavy atom. The normalized spacial score (nSPS) is 10.1. The summed E-state index contributed by atoms with van der Waals surface area (Å²) in [4.78, 5) is 44.9. The number of nitrogens with one attached hydrogen (secondary N) is 1. The zero-order valence-electron chi connectivity index (χ0n) is 11.8. The first-order chi connectivity index (χ1) is 10.9. The monoisotopic (exact) mass is 316 g/mol. The predicted octanol–water partition coefficient (Wildman–Crippen LogP) is 0.494. The summed E-state index contributed by atoms with van der Waals surface area (Å²) in [5.41, 5.74) is 4.64. The third-order valence-electron chi connectivity index (χ3n) is 2.96. The van der Waals surface area contributed by atoms with Gasteiger partial charge in [0.1, 0.15) is 6.54 Å². The van der Waals surface area contributed by atoms with E-state index in [2.05, 4.69) is 5.32 Å². The largest absolute Gasteiger partial charge is 0.366 e. The second-order valence-corrected chi connectivity index (χ2v) is 4.57. The van der Waals surface area contributed by atoms with Crippen LogP contribution in [-0.4, -0.2) is 21.3 Å². The molecule has 0 aliphatic rings. The molecule has 0 bridgehead atoms. The smallest absolute Gasteiger partial charge is 0.285 e. The van der Waals surface area contributed by atoms with Crippen molar-refractivity contribution in [2.45, 2.75) is 6.54 Å². The maximum absolute atomic E-state index is 12.0. The molecule has 0 atom stereocenters. The van der Waals surface area contributed by atoms with E-state index < -0.39 is 28.8 Å². The molecule has 2 aromatic rings. The maximum atomic E-state index is 12.0. The second kappa shape index (κ2) is 6.52. The summed E-state index contributed by atoms with van der Waals surface area (Å²) in [7, 11) is 0. The van der Waals surface area contributed by atoms with E-state index in [0.717, 1.165) is 22.9 Å². The third kappa shape index (κ3) is 3.79. The third-order valence-corrected chi connectivity index (χ3v) is 2.96. The minimum Gasteiger partial charge on any atom is -0.366 e. The maximum Gasteiger partial charge on any atom is 0.285 e. The van der Waals surface area contributed by atoms with Crippen molar-refractivity contribution in [3.8, 4) is 0 Å². The lowest BCUT2D eigenvalue weighted by Gasteiger charge is -2.09. The van der Waals surface area contributed by atoms with Gasteiger partial charge in [0.2, 0.25) is 5.91 Å². The molecule has 9 heteroatoms. The number of para-hydroxylation sites is 1. The van der Waals surface area contributed by atoms with Crippen LogP contribution in [0.1, 0.15) is 10.4 Å². The zero-order valence-corrected chi connectivity index (χ0v) is 11.8. The highest BCUT2D eigenvalue weighted by molar-refractivity contribution is 6.02. The van der Waals surface area contributed by atoms with Gasteiger partial charge in [0.05, 0.1) is 22.4 Å². The number of carbonyl (C=O) groups is 2. The van der Waals surface area contributed by atoms with Crippen molar-refractivity contribution in [1.82, 2.24) is 4.57 Å². The summed E-state index contributed by atoms with van der Waals surface area (Å²) in [5, 5.41) is 13.1. The molecule has 9 nitrogen and oxygen atoms in total. The van der Waals surface area contributed by atoms with E-state index in [1.165, 1.54) is 12.1 Å². The first-order valence-electron chi connectivity index (χ1n) is 6.42. The highest BCUT2D eigenvalue weighted by Gasteiger charge is 2.13. The van der Waals surface area contributed by atoms with Crippen molar-refractivity contribution in [2.24, 2.45) is 5.73 Å². The quantitative estimate of drug-likeness (QED) is 0.611. The number of anilines is 1. The fourth-order valence-corrected chi connectivity index (χ4v) is 1.90. The fourth-order valence-electron chi connectivity index (χ4n) is 1.90. The minimum absolute atomic E-state index is 0.118. The van der Waals surface area contributed by atoms with Gasteiger partial charge >= 0.3 is 0 Å². The molecule has 1 aromatic heterocycles. The zero-order chi connectivity index (χ0) is 17.0. The molecule has 2 rings (SSSR count). The van der Waals surface area contributed by atoms with Crippen LogP contribution in [-0.2, 0) is 11.3 Å². The SMILES string of the molecule is NC(=O)c1ccccc1NC(=O)Cn1cc([N+](=O)[O-])ccc1=O. The number of benzene rings is 1. The molecule has 23 heavy (non-hydrogen) atoms. The lowest BCUT2D eigenvalue weighted by atomic mass is 10.1. The number of primary amides is 1. The Balaban J connectivity index is 2.21. The van der Waals surface area contributed by atoms with Crippen LogP contribution in [0.5, 0.6) is 0 Å². The number of hydrogen-bond acceptors (Lipinski definition) is 5. The molecule has 0 saturated heterocycles. The van der Waals surface area contributed by atoms with E-state index in [4.69, 9.17) is 5.73 Å². The molecule has 0 aliphatic heterocycles. The van der Waals surface area contributed by atoms with Gasteiger partial charge in [0, 0.05) is 12.1 Å². The van der Waals surface area contributed by atoms with Crippen molar-refractivity contribution in [2.75, 3.05) is 5.32 Å². The Hall–Kier alpha value is -3.49. The molecular formula is C14H12N4O5. The lowest BCUT2D eigenvalue weighted by Crippen LogP contribution is -2.27. The van der Waals surface area contributed by atoms with Crippen LogP contribution in [0, 0.1) is 10.1 Å². The molecule has 0 spiro atoms. The summed E-state index contributed by atoms with van der Waals surface area (Å²) in [6.07, 6.45) is 0.974. The topological polar surface area (TPSA) is 137 Å². The molecule has 1 heterocycles. The average molecular weight is 316 g/mol. The standard InChI is InChI=1S/C14H12N4O5/c15-14(21)10-3-1-2-4-11(10)16-12(19)8-17-7-9(18(22)23)5-6-13(17)20/h1-7H,8H2,(H2,15,21)(H,16,19). The van der Waals surface area contributed by atoms with E-state index in [0.29, 0.717) is 0 Å². The molecule has 118 valence electrons. The lowest BCUT2D eigenvalue weighted by molar-refractivity contribution is -0.385. The molecule has 0 aliphatic carbocycles. The van der Waals surface area contributed by atoms with Gasteiger partial charge < -0.3 is 11.1 Å². The summed E-state index contributed by atoms with van der Waals surface area (Å²) in [5.74, 6) is -1.34. The number of pyridine rings is 1. The Labute approximate surface area is 129 Å². The molecule has 2 amide bonds. The highest BCUT2D eigenvalue weighted by Crippen LogP contribution is 2.14. The van der Waals surface area contributed by atoms with Gasteiger partial charge in [-0.25, -0.2) is 0 Å². The van der Waals surface area contributed by atoms with E-state index in [-0.39, 0.29) is 16.9 Å². The number of aromatic nitrogens is 1. The molecule has 1 aromatic carbocycles. The van der Waals surface area contributed by atoms with Crippen LogP contribution in [0.3, 0.4) is 0 Å². The van der Waals surface area contributed by atoms with Crippen LogP contribution >= 0.6 is 0 Å². The van der Waals surface area contributed by atoms with Crippen LogP contribution in [0.2, 0.25) is 0 Å². The molecule has 3 N–H and O–H groups in total. The van der Waals surface area contributed by atoms with Crippen molar-refractivity contribution in [3.63, 3.8) is 0 Å². The van der Waals surface area contributed by atoms with Gasteiger partial charge in [-0.1, -0.05) is 12.1 Å². The van der Waals surface area contributed by atoms with Gasteiger partial charge in [0.15, 0.2) is 0 Å². The molecule has 0 fully saturated rings. The number of amides is 2. The number of nitro groups is 1. The van der Waals surface area contributed by atoms with Crippen molar-refractivity contribution in [3.05, 3.63) is 68.6 Å². The van der Waals surface area contributed by atoms with E-state index in [1.54, 1.807) is 12.1 Å². The summed E-state index contributed by atoms with van der Waals surface area (Å²) >= 11 is 0. The van der Waals surface area contributed by atoms with Gasteiger partial charge in [-0.05, 0) is 12.1 Å². The number of nitrogens with two attached hydrogens (primary N) is 1. The molecule has 0 radical (unpaired) electrons. The second-order valence-electron chi connectivity index (χ2n) is 4.57. The van der Waals surface area contributed by atoms with Gasteiger partial charge in [-0.2, -0.15) is 0 Å². The van der Waals surface area contributed by atoms with Crippen LogP contribution in [0.4, 0.5) is 11.4 Å². The Bertz CT molecular complexity index is 843. The fraction of sp³-hybridized carbons (Fsp3) is 0.0714.